The molecule has 19 heavy (non-hydrogen) atoms. The molecular weight excluding hydrogens is 268 g/mol. The lowest BCUT2D eigenvalue weighted by Gasteiger charge is -2.20. The summed E-state index contributed by atoms with van der Waals surface area (Å²) in [6, 6.07) is 2.70. The molecule has 7 nitrogen and oxygen atoms in total. The van der Waals surface area contributed by atoms with Crippen molar-refractivity contribution in [2.45, 2.75) is 31.2 Å². The molecule has 0 aliphatic carbocycles. The number of hydrogen-bond acceptors (Lipinski definition) is 5. The zero-order chi connectivity index (χ0) is 14.7. The van der Waals surface area contributed by atoms with E-state index in [9.17, 15) is 13.2 Å². The maximum Gasteiger partial charge on any atom is 0.242 e. The summed E-state index contributed by atoms with van der Waals surface area (Å²) in [5.41, 5.74) is 4.96. The van der Waals surface area contributed by atoms with Crippen LogP contribution in [0.15, 0.2) is 23.2 Å². The predicted molar refractivity (Wildman–Crippen MR) is 71.7 cm³/mol. The fraction of sp³-hybridized carbons (Fsp3) is 0.455. The van der Waals surface area contributed by atoms with Crippen molar-refractivity contribution in [3.05, 3.63) is 18.3 Å². The summed E-state index contributed by atoms with van der Waals surface area (Å²) in [4.78, 5) is 15.2. The van der Waals surface area contributed by atoms with Gasteiger partial charge < -0.3 is 11.1 Å². The Hall–Kier alpha value is -1.67. The number of amides is 1. The fourth-order valence-corrected chi connectivity index (χ4v) is 2.18. The Labute approximate surface area is 112 Å². The van der Waals surface area contributed by atoms with Gasteiger partial charge in [0.25, 0.3) is 0 Å². The predicted octanol–water partition coefficient (Wildman–Crippen LogP) is -0.143. The second-order valence-corrected chi connectivity index (χ2v) is 6.81. The lowest BCUT2D eigenvalue weighted by Crippen LogP contribution is -2.45. The molecule has 1 heterocycles. The SMILES string of the molecule is CC(C)(C)NC(=O)CNS(=O)(=O)c1ccc(N)nc1. The van der Waals surface area contributed by atoms with Crippen molar-refractivity contribution >= 4 is 21.7 Å². The van der Waals surface area contributed by atoms with E-state index in [1.54, 1.807) is 0 Å². The van der Waals surface area contributed by atoms with Crippen molar-refractivity contribution < 1.29 is 13.2 Å². The van der Waals surface area contributed by atoms with Gasteiger partial charge in [-0.1, -0.05) is 0 Å². The van der Waals surface area contributed by atoms with Crippen LogP contribution in [-0.2, 0) is 14.8 Å². The Morgan fingerprint density at radius 3 is 2.47 bits per heavy atom. The van der Waals surface area contributed by atoms with Gasteiger partial charge in [0.15, 0.2) is 0 Å². The van der Waals surface area contributed by atoms with Crippen molar-refractivity contribution in [2.24, 2.45) is 0 Å². The molecular formula is C11H18N4O3S. The number of pyridine rings is 1. The van der Waals surface area contributed by atoms with E-state index in [4.69, 9.17) is 5.73 Å². The van der Waals surface area contributed by atoms with Crippen molar-refractivity contribution in [3.8, 4) is 0 Å². The van der Waals surface area contributed by atoms with Crippen molar-refractivity contribution in [3.63, 3.8) is 0 Å². The van der Waals surface area contributed by atoms with Gasteiger partial charge in [0.05, 0.1) is 6.54 Å². The number of carbonyl (C=O) groups excluding carboxylic acids is 1. The maximum absolute atomic E-state index is 11.8. The maximum atomic E-state index is 11.8. The number of carbonyl (C=O) groups is 1. The van der Waals surface area contributed by atoms with Gasteiger partial charge in [-0.05, 0) is 32.9 Å². The second-order valence-electron chi connectivity index (χ2n) is 5.04. The number of aromatic nitrogens is 1. The van der Waals surface area contributed by atoms with E-state index in [1.807, 2.05) is 20.8 Å². The van der Waals surface area contributed by atoms with E-state index >= 15 is 0 Å². The zero-order valence-electron chi connectivity index (χ0n) is 11.1. The lowest BCUT2D eigenvalue weighted by molar-refractivity contribution is -0.121. The van der Waals surface area contributed by atoms with E-state index in [2.05, 4.69) is 15.0 Å². The monoisotopic (exact) mass is 286 g/mol. The highest BCUT2D eigenvalue weighted by molar-refractivity contribution is 7.89. The third kappa shape index (κ3) is 5.23. The fourth-order valence-electron chi connectivity index (χ4n) is 1.26. The third-order valence-electron chi connectivity index (χ3n) is 2.01. The lowest BCUT2D eigenvalue weighted by atomic mass is 10.1. The number of nitrogens with one attached hydrogen (secondary N) is 2. The van der Waals surface area contributed by atoms with Gasteiger partial charge in [-0.25, -0.2) is 18.1 Å². The van der Waals surface area contributed by atoms with E-state index in [1.165, 1.54) is 12.1 Å². The molecule has 0 fully saturated rings. The van der Waals surface area contributed by atoms with Crippen LogP contribution in [0.4, 0.5) is 5.82 Å². The van der Waals surface area contributed by atoms with E-state index < -0.39 is 21.5 Å². The molecule has 1 amide bonds. The number of nitrogens with two attached hydrogens (primary N) is 1. The molecule has 0 bridgehead atoms. The standard InChI is InChI=1S/C11H18N4O3S/c1-11(2,3)15-10(16)7-14-19(17,18)8-4-5-9(12)13-6-8/h4-6,14H,7H2,1-3H3,(H2,12,13)(H,15,16). The number of rotatable bonds is 4. The van der Waals surface area contributed by atoms with Crippen molar-refractivity contribution in [1.29, 1.82) is 0 Å². The van der Waals surface area contributed by atoms with Crippen LogP contribution in [0.25, 0.3) is 0 Å². The summed E-state index contributed by atoms with van der Waals surface area (Å²) in [5, 5.41) is 2.65. The smallest absolute Gasteiger partial charge is 0.242 e. The Morgan fingerprint density at radius 1 is 1.37 bits per heavy atom. The molecule has 1 rings (SSSR count). The Bertz CT molecular complexity index is 546. The summed E-state index contributed by atoms with van der Waals surface area (Å²) >= 11 is 0. The topological polar surface area (TPSA) is 114 Å². The van der Waals surface area contributed by atoms with E-state index in [0.29, 0.717) is 0 Å². The summed E-state index contributed by atoms with van der Waals surface area (Å²) in [6.07, 6.45) is 1.14. The molecule has 1 aromatic rings. The van der Waals surface area contributed by atoms with Crippen LogP contribution < -0.4 is 15.8 Å². The molecule has 0 spiro atoms. The van der Waals surface area contributed by atoms with Crippen LogP contribution in [0, 0.1) is 0 Å². The molecule has 8 heteroatoms. The quantitative estimate of drug-likeness (QED) is 0.712. The highest BCUT2D eigenvalue weighted by Crippen LogP contribution is 2.08. The first-order valence-corrected chi connectivity index (χ1v) is 7.11. The Balaban J connectivity index is 2.66. The van der Waals surface area contributed by atoms with Gasteiger partial charge in [-0.2, -0.15) is 0 Å². The summed E-state index contributed by atoms with van der Waals surface area (Å²) in [7, 11) is -3.76. The molecule has 1 aromatic heterocycles. The minimum absolute atomic E-state index is 0.0368. The molecule has 0 aliphatic heterocycles. The van der Waals surface area contributed by atoms with E-state index in [0.717, 1.165) is 6.20 Å². The molecule has 0 saturated carbocycles. The minimum atomic E-state index is -3.76. The van der Waals surface area contributed by atoms with Crippen LogP contribution in [0.5, 0.6) is 0 Å². The molecule has 0 unspecified atom stereocenters. The Kier molecular flexibility index (Phi) is 4.48. The van der Waals surface area contributed by atoms with Gasteiger partial charge in [-0.3, -0.25) is 4.79 Å². The average molecular weight is 286 g/mol. The van der Waals surface area contributed by atoms with Gasteiger partial charge in [-0.15, -0.1) is 0 Å². The third-order valence-corrected chi connectivity index (χ3v) is 3.39. The van der Waals surface area contributed by atoms with Gasteiger partial charge in [0.2, 0.25) is 15.9 Å². The average Bonchev–Trinajstić information content (AvgIpc) is 2.25. The highest BCUT2D eigenvalue weighted by Gasteiger charge is 2.18. The molecule has 0 radical (unpaired) electrons. The van der Waals surface area contributed by atoms with Crippen molar-refractivity contribution in [1.82, 2.24) is 15.0 Å². The summed E-state index contributed by atoms with van der Waals surface area (Å²) in [5.74, 6) is -0.177. The number of anilines is 1. The number of sulfonamides is 1. The van der Waals surface area contributed by atoms with Gasteiger partial charge >= 0.3 is 0 Å². The minimum Gasteiger partial charge on any atom is -0.384 e. The largest absolute Gasteiger partial charge is 0.384 e. The summed E-state index contributed by atoms with van der Waals surface area (Å²) < 4.78 is 25.9. The van der Waals surface area contributed by atoms with Gasteiger partial charge in [0, 0.05) is 11.7 Å². The first-order valence-electron chi connectivity index (χ1n) is 5.62. The highest BCUT2D eigenvalue weighted by atomic mass is 32.2. The second kappa shape index (κ2) is 5.54. The zero-order valence-corrected chi connectivity index (χ0v) is 11.9. The number of nitrogens with zero attached hydrogens (tertiary/aromatic N) is 1. The molecule has 0 aromatic carbocycles. The van der Waals surface area contributed by atoms with E-state index in [-0.39, 0.29) is 17.3 Å². The van der Waals surface area contributed by atoms with Crippen LogP contribution >= 0.6 is 0 Å². The first-order chi connectivity index (χ1) is 8.60. The number of hydrogen-bond donors (Lipinski definition) is 3. The molecule has 0 atom stereocenters. The van der Waals surface area contributed by atoms with Crippen LogP contribution in [0.2, 0.25) is 0 Å². The van der Waals surface area contributed by atoms with Crippen LogP contribution in [0.1, 0.15) is 20.8 Å². The molecule has 106 valence electrons. The van der Waals surface area contributed by atoms with Gasteiger partial charge in [0.1, 0.15) is 10.7 Å². The summed E-state index contributed by atoms with van der Waals surface area (Å²) in [6.45, 7) is 5.10. The van der Waals surface area contributed by atoms with Crippen LogP contribution in [-0.4, -0.2) is 31.4 Å². The normalized spacial score (nSPS) is 12.2. The Morgan fingerprint density at radius 2 is 2.00 bits per heavy atom. The molecule has 0 aliphatic rings. The molecule has 0 saturated heterocycles. The van der Waals surface area contributed by atoms with Crippen LogP contribution in [0.3, 0.4) is 0 Å². The van der Waals surface area contributed by atoms with Crippen molar-refractivity contribution in [2.75, 3.05) is 12.3 Å². The molecule has 4 N–H and O–H groups in total. The number of nitrogen functional groups attached to an aromatic ring is 1. The first kappa shape index (κ1) is 15.4.